The number of hydrogen-bond donors (Lipinski definition) is 2. The van der Waals surface area contributed by atoms with Gasteiger partial charge in [0.25, 0.3) is 0 Å². The van der Waals surface area contributed by atoms with Gasteiger partial charge in [0, 0.05) is 0 Å². The summed E-state index contributed by atoms with van der Waals surface area (Å²) in [6, 6.07) is 5.67. The Balaban J connectivity index is 2.61. The molecule has 0 heterocycles. The molecule has 1 rings (SSSR count). The van der Waals surface area contributed by atoms with Crippen molar-refractivity contribution in [3.8, 4) is 5.75 Å². The first-order valence-electron chi connectivity index (χ1n) is 4.73. The predicted molar refractivity (Wildman–Crippen MR) is 54.8 cm³/mol. The lowest BCUT2D eigenvalue weighted by Crippen LogP contribution is -1.99. The topological polar surface area (TPSA) is 46.2 Å². The van der Waals surface area contributed by atoms with Gasteiger partial charge in [-0.3, -0.25) is 0 Å². The van der Waals surface area contributed by atoms with Crippen molar-refractivity contribution < 1.29 is 5.11 Å². The van der Waals surface area contributed by atoms with E-state index in [1.165, 1.54) is 5.56 Å². The predicted octanol–water partition coefficient (Wildman–Crippen LogP) is 1.98. The first-order valence-corrected chi connectivity index (χ1v) is 4.73. The van der Waals surface area contributed by atoms with Crippen LogP contribution in [0.2, 0.25) is 0 Å². The number of unbranched alkanes of at least 4 members (excludes halogenated alkanes) is 1. The molecule has 0 amide bonds. The van der Waals surface area contributed by atoms with E-state index in [9.17, 15) is 5.11 Å². The van der Waals surface area contributed by atoms with E-state index in [4.69, 9.17) is 5.73 Å². The van der Waals surface area contributed by atoms with Gasteiger partial charge in [-0.15, -0.1) is 0 Å². The summed E-state index contributed by atoms with van der Waals surface area (Å²) in [6.07, 6.45) is 3.16. The molecule has 2 nitrogen and oxygen atoms in total. The maximum atomic E-state index is 9.43. The summed E-state index contributed by atoms with van der Waals surface area (Å²) in [4.78, 5) is 0. The van der Waals surface area contributed by atoms with Crippen LogP contribution in [-0.4, -0.2) is 11.7 Å². The van der Waals surface area contributed by atoms with Crippen molar-refractivity contribution in [3.05, 3.63) is 29.3 Å². The zero-order valence-corrected chi connectivity index (χ0v) is 8.09. The maximum absolute atomic E-state index is 9.43. The van der Waals surface area contributed by atoms with E-state index < -0.39 is 0 Å². The second kappa shape index (κ2) is 4.87. The van der Waals surface area contributed by atoms with Crippen LogP contribution in [0.15, 0.2) is 18.2 Å². The van der Waals surface area contributed by atoms with Crippen molar-refractivity contribution >= 4 is 0 Å². The van der Waals surface area contributed by atoms with E-state index in [2.05, 4.69) is 6.07 Å². The summed E-state index contributed by atoms with van der Waals surface area (Å²) >= 11 is 0. The molecular weight excluding hydrogens is 162 g/mol. The van der Waals surface area contributed by atoms with Crippen molar-refractivity contribution in [2.24, 2.45) is 5.73 Å². The standard InChI is InChI=1S/C11H17NO/c1-9-10(5-2-3-8-12)6-4-7-11(9)13/h4,6-7,13H,2-3,5,8,12H2,1H3. The lowest BCUT2D eigenvalue weighted by Gasteiger charge is -2.06. The maximum Gasteiger partial charge on any atom is 0.118 e. The molecule has 1 aromatic rings. The highest BCUT2D eigenvalue weighted by Gasteiger charge is 2.01. The largest absolute Gasteiger partial charge is 0.508 e. The van der Waals surface area contributed by atoms with Gasteiger partial charge in [0.15, 0.2) is 0 Å². The Hall–Kier alpha value is -1.02. The summed E-state index contributed by atoms with van der Waals surface area (Å²) < 4.78 is 0. The van der Waals surface area contributed by atoms with Gasteiger partial charge in [0.2, 0.25) is 0 Å². The minimum atomic E-state index is 0.394. The molecule has 0 saturated carbocycles. The fourth-order valence-corrected chi connectivity index (χ4v) is 1.40. The molecule has 1 aromatic carbocycles. The molecule has 13 heavy (non-hydrogen) atoms. The number of aromatic hydroxyl groups is 1. The molecule has 0 unspecified atom stereocenters. The van der Waals surface area contributed by atoms with Crippen LogP contribution in [0, 0.1) is 6.92 Å². The minimum absolute atomic E-state index is 0.394. The second-order valence-corrected chi connectivity index (χ2v) is 3.31. The molecule has 0 bridgehead atoms. The van der Waals surface area contributed by atoms with Crippen LogP contribution < -0.4 is 5.73 Å². The van der Waals surface area contributed by atoms with Gasteiger partial charge in [-0.25, -0.2) is 0 Å². The summed E-state index contributed by atoms with van der Waals surface area (Å²) in [5.74, 6) is 0.394. The zero-order valence-electron chi connectivity index (χ0n) is 8.09. The molecule has 0 radical (unpaired) electrons. The fraction of sp³-hybridized carbons (Fsp3) is 0.455. The molecule has 72 valence electrons. The molecule has 0 spiro atoms. The summed E-state index contributed by atoms with van der Waals surface area (Å²) in [6.45, 7) is 2.70. The van der Waals surface area contributed by atoms with E-state index in [1.807, 2.05) is 13.0 Å². The summed E-state index contributed by atoms with van der Waals surface area (Å²) in [7, 11) is 0. The van der Waals surface area contributed by atoms with Crippen LogP contribution in [0.5, 0.6) is 5.75 Å². The van der Waals surface area contributed by atoms with Crippen LogP contribution in [0.25, 0.3) is 0 Å². The number of nitrogens with two attached hydrogens (primary N) is 1. The molecule has 0 aliphatic rings. The first-order chi connectivity index (χ1) is 6.25. The van der Waals surface area contributed by atoms with Gasteiger partial charge < -0.3 is 10.8 Å². The smallest absolute Gasteiger partial charge is 0.118 e. The Morgan fingerprint density at radius 2 is 2.08 bits per heavy atom. The molecular formula is C11H17NO. The number of rotatable bonds is 4. The van der Waals surface area contributed by atoms with Gasteiger partial charge in [-0.1, -0.05) is 12.1 Å². The average molecular weight is 179 g/mol. The second-order valence-electron chi connectivity index (χ2n) is 3.31. The molecule has 0 aliphatic heterocycles. The van der Waals surface area contributed by atoms with Crippen LogP contribution in [0.4, 0.5) is 0 Å². The Morgan fingerprint density at radius 1 is 1.31 bits per heavy atom. The van der Waals surface area contributed by atoms with Gasteiger partial charge in [-0.05, 0) is 49.9 Å². The van der Waals surface area contributed by atoms with Gasteiger partial charge in [0.1, 0.15) is 5.75 Å². The third-order valence-electron chi connectivity index (χ3n) is 2.32. The van der Waals surface area contributed by atoms with Gasteiger partial charge >= 0.3 is 0 Å². The Morgan fingerprint density at radius 3 is 2.77 bits per heavy atom. The lowest BCUT2D eigenvalue weighted by molar-refractivity contribution is 0.470. The zero-order chi connectivity index (χ0) is 9.68. The molecule has 2 heteroatoms. The number of phenols is 1. The third kappa shape index (κ3) is 2.74. The number of benzene rings is 1. The van der Waals surface area contributed by atoms with E-state index >= 15 is 0 Å². The summed E-state index contributed by atoms with van der Waals surface area (Å²) in [5.41, 5.74) is 7.64. The van der Waals surface area contributed by atoms with Gasteiger partial charge in [0.05, 0.1) is 0 Å². The SMILES string of the molecule is Cc1c(O)cccc1CCCCN. The van der Waals surface area contributed by atoms with Crippen molar-refractivity contribution in [2.75, 3.05) is 6.54 Å². The van der Waals surface area contributed by atoms with E-state index in [1.54, 1.807) is 6.07 Å². The third-order valence-corrected chi connectivity index (χ3v) is 2.32. The van der Waals surface area contributed by atoms with Crippen LogP contribution >= 0.6 is 0 Å². The van der Waals surface area contributed by atoms with Crippen molar-refractivity contribution in [1.82, 2.24) is 0 Å². The van der Waals surface area contributed by atoms with Crippen molar-refractivity contribution in [2.45, 2.75) is 26.2 Å². The Kier molecular flexibility index (Phi) is 3.77. The Labute approximate surface area is 79.4 Å². The highest BCUT2D eigenvalue weighted by atomic mass is 16.3. The van der Waals surface area contributed by atoms with Crippen LogP contribution in [0.3, 0.4) is 0 Å². The molecule has 3 N–H and O–H groups in total. The van der Waals surface area contributed by atoms with E-state index in [0.29, 0.717) is 5.75 Å². The van der Waals surface area contributed by atoms with Crippen LogP contribution in [0.1, 0.15) is 24.0 Å². The van der Waals surface area contributed by atoms with Crippen molar-refractivity contribution in [1.29, 1.82) is 0 Å². The highest BCUT2D eigenvalue weighted by Crippen LogP contribution is 2.20. The summed E-state index contributed by atoms with van der Waals surface area (Å²) in [5, 5.41) is 9.43. The Bertz CT molecular complexity index is 271. The number of aryl methyl sites for hydroxylation is 1. The van der Waals surface area contributed by atoms with E-state index in [0.717, 1.165) is 31.4 Å². The van der Waals surface area contributed by atoms with Gasteiger partial charge in [-0.2, -0.15) is 0 Å². The van der Waals surface area contributed by atoms with Crippen molar-refractivity contribution in [3.63, 3.8) is 0 Å². The molecule has 0 atom stereocenters. The normalized spacial score (nSPS) is 10.3. The minimum Gasteiger partial charge on any atom is -0.508 e. The first kappa shape index (κ1) is 10.1. The van der Waals surface area contributed by atoms with Crippen LogP contribution in [-0.2, 0) is 6.42 Å². The molecule has 0 saturated heterocycles. The lowest BCUT2D eigenvalue weighted by atomic mass is 10.0. The number of hydrogen-bond acceptors (Lipinski definition) is 2. The van der Waals surface area contributed by atoms with E-state index in [-0.39, 0.29) is 0 Å². The fourth-order valence-electron chi connectivity index (χ4n) is 1.40. The molecule has 0 fully saturated rings. The monoisotopic (exact) mass is 179 g/mol. The number of phenolic OH excluding ortho intramolecular Hbond substituents is 1. The quantitative estimate of drug-likeness (QED) is 0.694. The highest BCUT2D eigenvalue weighted by molar-refractivity contribution is 5.37. The molecule has 0 aliphatic carbocycles. The molecule has 0 aromatic heterocycles. The average Bonchev–Trinajstić information content (AvgIpc) is 2.13.